The molecule has 0 spiro atoms. The quantitative estimate of drug-likeness (QED) is 0.263. The van der Waals surface area contributed by atoms with E-state index in [2.05, 4.69) is 5.32 Å². The molecule has 0 aromatic heterocycles. The molecule has 7 nitrogen and oxygen atoms in total. The second-order valence-electron chi connectivity index (χ2n) is 7.40. The third kappa shape index (κ3) is 5.35. The number of ether oxygens (including phenoxy) is 1. The summed E-state index contributed by atoms with van der Waals surface area (Å²) in [5, 5.41) is 11.8. The number of nitrogens with zero attached hydrogens (tertiary/aromatic N) is 1. The van der Waals surface area contributed by atoms with Gasteiger partial charge in [0.05, 0.1) is 21.3 Å². The molecule has 10 heteroatoms. The molecule has 1 aliphatic heterocycles. The number of para-hydroxylation sites is 1. The van der Waals surface area contributed by atoms with Gasteiger partial charge in [-0.05, 0) is 65.8 Å². The van der Waals surface area contributed by atoms with E-state index in [0.717, 1.165) is 5.56 Å². The molecule has 1 fully saturated rings. The third-order valence-electron chi connectivity index (χ3n) is 5.03. The lowest BCUT2D eigenvalue weighted by molar-refractivity contribution is -0.122. The number of carbonyl (C=O) groups excluding carboxylic acids is 2. The standard InChI is InChI=1S/C25H16Cl2N2O5S/c26-19-11-15(12-20(27)21(19)34-13-14-6-8-16(9-7-14)24(32)33)10-18-22(30)28-25(35)29(23(18)31)17-4-2-1-3-5-17/h1-12H,13H2,(H,32,33)(H,28,30,35)/b18-10+. The summed E-state index contributed by atoms with van der Waals surface area (Å²) in [7, 11) is 0. The van der Waals surface area contributed by atoms with Crippen LogP contribution in [0.2, 0.25) is 10.0 Å². The maximum Gasteiger partial charge on any atom is 0.335 e. The van der Waals surface area contributed by atoms with Crippen LogP contribution in [0.25, 0.3) is 6.08 Å². The fraction of sp³-hybridized carbons (Fsp3) is 0.0400. The Morgan fingerprint density at radius 3 is 2.26 bits per heavy atom. The summed E-state index contributed by atoms with van der Waals surface area (Å²) in [6.07, 6.45) is 1.38. The number of hydrogen-bond acceptors (Lipinski definition) is 5. The number of nitrogens with one attached hydrogen (secondary N) is 1. The molecule has 0 bridgehead atoms. The molecule has 1 saturated heterocycles. The number of amides is 2. The van der Waals surface area contributed by atoms with Crippen LogP contribution < -0.4 is 15.0 Å². The second kappa shape index (κ2) is 10.3. The Morgan fingerprint density at radius 1 is 1.03 bits per heavy atom. The van der Waals surface area contributed by atoms with Crippen LogP contribution in [0.5, 0.6) is 5.75 Å². The number of thiocarbonyl (C=S) groups is 1. The maximum absolute atomic E-state index is 13.1. The van der Waals surface area contributed by atoms with Crippen LogP contribution in [0.4, 0.5) is 5.69 Å². The third-order valence-corrected chi connectivity index (χ3v) is 5.88. The van der Waals surface area contributed by atoms with E-state index in [1.807, 2.05) is 0 Å². The fourth-order valence-corrected chi connectivity index (χ4v) is 4.23. The predicted molar refractivity (Wildman–Crippen MR) is 137 cm³/mol. The van der Waals surface area contributed by atoms with Crippen LogP contribution in [-0.2, 0) is 16.2 Å². The largest absolute Gasteiger partial charge is 0.486 e. The minimum Gasteiger partial charge on any atom is -0.486 e. The maximum atomic E-state index is 13.1. The van der Waals surface area contributed by atoms with Gasteiger partial charge in [0, 0.05) is 0 Å². The average molecular weight is 527 g/mol. The number of carboxylic acid groups (broad SMARTS) is 1. The Morgan fingerprint density at radius 2 is 1.66 bits per heavy atom. The number of carboxylic acids is 1. The van der Waals surface area contributed by atoms with E-state index in [0.29, 0.717) is 11.3 Å². The van der Waals surface area contributed by atoms with Crippen LogP contribution in [0.15, 0.2) is 72.3 Å². The van der Waals surface area contributed by atoms with Crippen molar-refractivity contribution >= 4 is 70.1 Å². The first kappa shape index (κ1) is 24.4. The van der Waals surface area contributed by atoms with Gasteiger partial charge in [0.15, 0.2) is 10.9 Å². The van der Waals surface area contributed by atoms with E-state index in [4.69, 9.17) is 45.3 Å². The van der Waals surface area contributed by atoms with Crippen molar-refractivity contribution in [1.29, 1.82) is 0 Å². The fourth-order valence-electron chi connectivity index (χ4n) is 3.34. The van der Waals surface area contributed by atoms with E-state index in [1.165, 1.54) is 35.2 Å². The molecule has 1 heterocycles. The second-order valence-corrected chi connectivity index (χ2v) is 8.60. The van der Waals surface area contributed by atoms with E-state index < -0.39 is 17.8 Å². The van der Waals surface area contributed by atoms with Crippen LogP contribution in [0.3, 0.4) is 0 Å². The first-order chi connectivity index (χ1) is 16.7. The van der Waals surface area contributed by atoms with Gasteiger partial charge in [-0.25, -0.2) is 4.79 Å². The van der Waals surface area contributed by atoms with Gasteiger partial charge in [-0.15, -0.1) is 0 Å². The topological polar surface area (TPSA) is 95.9 Å². The van der Waals surface area contributed by atoms with Crippen molar-refractivity contribution in [2.45, 2.75) is 6.61 Å². The van der Waals surface area contributed by atoms with Crippen molar-refractivity contribution in [1.82, 2.24) is 5.32 Å². The average Bonchev–Trinajstić information content (AvgIpc) is 2.82. The highest BCUT2D eigenvalue weighted by atomic mass is 35.5. The predicted octanol–water partition coefficient (Wildman–Crippen LogP) is 5.10. The number of aromatic carboxylic acids is 1. The van der Waals surface area contributed by atoms with Gasteiger partial charge in [0.1, 0.15) is 12.2 Å². The number of rotatable bonds is 6. The molecule has 0 aliphatic carbocycles. The number of anilines is 1. The number of hydrogen-bond donors (Lipinski definition) is 2. The van der Waals surface area contributed by atoms with E-state index in [1.54, 1.807) is 42.5 Å². The van der Waals surface area contributed by atoms with Gasteiger partial charge < -0.3 is 9.84 Å². The van der Waals surface area contributed by atoms with Crippen molar-refractivity contribution in [3.05, 3.63) is 99.0 Å². The molecule has 0 unspecified atom stereocenters. The van der Waals surface area contributed by atoms with Crippen molar-refractivity contribution in [3.63, 3.8) is 0 Å². The molecular formula is C25H16Cl2N2O5S. The summed E-state index contributed by atoms with van der Waals surface area (Å²) in [5.74, 6) is -2.02. The van der Waals surface area contributed by atoms with Crippen LogP contribution in [0, 0.1) is 0 Å². The molecule has 0 radical (unpaired) electrons. The van der Waals surface area contributed by atoms with Gasteiger partial charge in [-0.2, -0.15) is 0 Å². The van der Waals surface area contributed by atoms with Gasteiger partial charge in [-0.1, -0.05) is 53.5 Å². The Kier molecular flexibility index (Phi) is 7.16. The Balaban J connectivity index is 1.56. The molecule has 176 valence electrons. The zero-order chi connectivity index (χ0) is 25.1. The lowest BCUT2D eigenvalue weighted by Crippen LogP contribution is -2.54. The lowest BCUT2D eigenvalue weighted by atomic mass is 10.1. The molecule has 0 saturated carbocycles. The number of carbonyl (C=O) groups is 3. The highest BCUT2D eigenvalue weighted by Crippen LogP contribution is 2.36. The van der Waals surface area contributed by atoms with Gasteiger partial charge in [-0.3, -0.25) is 19.8 Å². The summed E-state index contributed by atoms with van der Waals surface area (Å²) in [5.41, 5.74) is 1.67. The van der Waals surface area contributed by atoms with Crippen LogP contribution in [-0.4, -0.2) is 28.0 Å². The molecular weight excluding hydrogens is 511 g/mol. The molecule has 0 atom stereocenters. The first-order valence-electron chi connectivity index (χ1n) is 10.1. The zero-order valence-electron chi connectivity index (χ0n) is 17.8. The first-order valence-corrected chi connectivity index (χ1v) is 11.3. The van der Waals surface area contributed by atoms with E-state index in [-0.39, 0.29) is 38.7 Å². The minimum atomic E-state index is -1.02. The molecule has 2 N–H and O–H groups in total. The molecule has 3 aromatic carbocycles. The molecule has 1 aliphatic rings. The normalized spacial score (nSPS) is 14.7. The summed E-state index contributed by atoms with van der Waals surface area (Å²) in [4.78, 5) is 37.8. The van der Waals surface area contributed by atoms with Crippen molar-refractivity contribution in [2.75, 3.05) is 4.90 Å². The Labute approximate surface area is 215 Å². The lowest BCUT2D eigenvalue weighted by Gasteiger charge is -2.28. The van der Waals surface area contributed by atoms with Crippen molar-refractivity contribution in [2.24, 2.45) is 0 Å². The summed E-state index contributed by atoms with van der Waals surface area (Å²) >= 11 is 17.9. The highest BCUT2D eigenvalue weighted by molar-refractivity contribution is 7.80. The van der Waals surface area contributed by atoms with Gasteiger partial charge >= 0.3 is 5.97 Å². The van der Waals surface area contributed by atoms with Crippen LogP contribution in [0.1, 0.15) is 21.5 Å². The Hall–Kier alpha value is -3.72. The number of benzene rings is 3. The van der Waals surface area contributed by atoms with Gasteiger partial charge in [0.25, 0.3) is 11.8 Å². The van der Waals surface area contributed by atoms with Crippen molar-refractivity contribution < 1.29 is 24.2 Å². The van der Waals surface area contributed by atoms with Crippen LogP contribution >= 0.6 is 35.4 Å². The van der Waals surface area contributed by atoms with Crippen molar-refractivity contribution in [3.8, 4) is 5.75 Å². The summed E-state index contributed by atoms with van der Waals surface area (Å²) < 4.78 is 5.73. The SMILES string of the molecule is O=C1NC(=S)N(c2ccccc2)C(=O)/C1=C/c1cc(Cl)c(OCc2ccc(C(=O)O)cc2)c(Cl)c1. The Bertz CT molecular complexity index is 1350. The smallest absolute Gasteiger partial charge is 0.335 e. The number of halogens is 2. The van der Waals surface area contributed by atoms with E-state index >= 15 is 0 Å². The minimum absolute atomic E-state index is 0.0143. The molecule has 2 amide bonds. The zero-order valence-corrected chi connectivity index (χ0v) is 20.2. The molecule has 35 heavy (non-hydrogen) atoms. The van der Waals surface area contributed by atoms with Gasteiger partial charge in [0.2, 0.25) is 0 Å². The van der Waals surface area contributed by atoms with E-state index in [9.17, 15) is 14.4 Å². The molecule has 3 aromatic rings. The monoisotopic (exact) mass is 526 g/mol. The summed E-state index contributed by atoms with van der Waals surface area (Å²) in [6, 6.07) is 17.9. The molecule has 4 rings (SSSR count). The highest BCUT2D eigenvalue weighted by Gasteiger charge is 2.34. The summed E-state index contributed by atoms with van der Waals surface area (Å²) in [6.45, 7) is 0.101.